The second-order valence-corrected chi connectivity index (χ2v) is 10.8. The second kappa shape index (κ2) is 10.6. The summed E-state index contributed by atoms with van der Waals surface area (Å²) in [6.07, 6.45) is 1.45. The van der Waals surface area contributed by atoms with Crippen LogP contribution in [0.1, 0.15) is 57.7 Å². The van der Waals surface area contributed by atoms with Crippen LogP contribution in [-0.2, 0) is 14.3 Å². The molecule has 39 heavy (non-hydrogen) atoms. The zero-order chi connectivity index (χ0) is 27.8. The molecule has 1 aromatic heterocycles. The Bertz CT molecular complexity index is 1680. The van der Waals surface area contributed by atoms with Gasteiger partial charge in [0.1, 0.15) is 10.3 Å². The number of ether oxygens (including phenoxy) is 2. The Morgan fingerprint density at radius 3 is 2.62 bits per heavy atom. The fraction of sp³-hybridized carbons (Fsp3) is 0.333. The van der Waals surface area contributed by atoms with Gasteiger partial charge in [0.2, 0.25) is 0 Å². The summed E-state index contributed by atoms with van der Waals surface area (Å²) in [4.78, 5) is 48.2. The summed E-state index contributed by atoms with van der Waals surface area (Å²) >= 11 is 1.17. The number of methoxy groups -OCH3 is 1. The molecule has 9 heteroatoms. The van der Waals surface area contributed by atoms with Gasteiger partial charge < -0.3 is 14.4 Å². The number of benzene rings is 2. The molecule has 3 heterocycles. The number of rotatable bonds is 7. The van der Waals surface area contributed by atoms with E-state index in [1.165, 1.54) is 15.9 Å². The maximum atomic E-state index is 14.2. The number of nitrogens with zero attached hydrogens (tertiary/aromatic N) is 3. The highest BCUT2D eigenvalue weighted by Gasteiger charge is 2.37. The van der Waals surface area contributed by atoms with Gasteiger partial charge in [0.05, 0.1) is 41.8 Å². The summed E-state index contributed by atoms with van der Waals surface area (Å²) < 4.78 is 12.8. The Morgan fingerprint density at radius 1 is 1.13 bits per heavy atom. The molecular formula is C30H31N3O5S. The number of anilines is 1. The van der Waals surface area contributed by atoms with E-state index in [1.807, 2.05) is 36.4 Å². The first kappa shape index (κ1) is 26.6. The van der Waals surface area contributed by atoms with E-state index in [1.54, 1.807) is 44.9 Å². The third-order valence-electron chi connectivity index (χ3n) is 6.85. The van der Waals surface area contributed by atoms with Crippen molar-refractivity contribution in [3.63, 3.8) is 0 Å². The average Bonchev–Trinajstić information content (AvgIpc) is 3.38. The maximum absolute atomic E-state index is 14.2. The lowest BCUT2D eigenvalue weighted by atomic mass is 9.95. The third kappa shape index (κ3) is 4.61. The molecule has 1 amide bonds. The highest BCUT2D eigenvalue weighted by Crippen LogP contribution is 2.36. The molecule has 0 bridgehead atoms. The van der Waals surface area contributed by atoms with Crippen molar-refractivity contribution >= 4 is 34.5 Å². The molecule has 202 valence electrons. The van der Waals surface area contributed by atoms with Crippen molar-refractivity contribution in [3.8, 4) is 5.75 Å². The predicted octanol–water partition coefficient (Wildman–Crippen LogP) is 3.71. The number of carbonyl (C=O) groups is 2. The Balaban J connectivity index is 1.78. The topological polar surface area (TPSA) is 90.2 Å². The van der Waals surface area contributed by atoms with E-state index in [2.05, 4.69) is 11.9 Å². The molecule has 2 aliphatic heterocycles. The van der Waals surface area contributed by atoms with E-state index < -0.39 is 12.0 Å². The lowest BCUT2D eigenvalue weighted by Gasteiger charge is -2.25. The molecule has 0 unspecified atom stereocenters. The van der Waals surface area contributed by atoms with Crippen molar-refractivity contribution in [3.05, 3.63) is 90.6 Å². The fourth-order valence-electron chi connectivity index (χ4n) is 5.08. The number of carbonyl (C=O) groups excluding carboxylic acids is 2. The van der Waals surface area contributed by atoms with Crippen LogP contribution in [0.4, 0.5) is 5.69 Å². The first-order valence-corrected chi connectivity index (χ1v) is 13.9. The molecule has 0 saturated carbocycles. The molecule has 2 aromatic carbocycles. The Hall–Kier alpha value is -3.98. The highest BCUT2D eigenvalue weighted by atomic mass is 32.1. The van der Waals surface area contributed by atoms with Gasteiger partial charge in [-0.2, -0.15) is 0 Å². The Kier molecular flexibility index (Phi) is 7.27. The number of para-hydroxylation sites is 1. The lowest BCUT2D eigenvalue weighted by molar-refractivity contribution is -0.143. The van der Waals surface area contributed by atoms with Crippen LogP contribution in [-0.4, -0.2) is 36.2 Å². The predicted molar refractivity (Wildman–Crippen MR) is 151 cm³/mol. The van der Waals surface area contributed by atoms with Crippen LogP contribution < -0.4 is 24.5 Å². The number of fused-ring (bicyclic) bond motifs is 2. The molecule has 0 saturated heterocycles. The van der Waals surface area contributed by atoms with E-state index in [9.17, 15) is 14.4 Å². The molecule has 8 nitrogen and oxygen atoms in total. The van der Waals surface area contributed by atoms with Crippen molar-refractivity contribution in [2.24, 2.45) is 4.99 Å². The van der Waals surface area contributed by atoms with Gasteiger partial charge in [0.15, 0.2) is 4.80 Å². The first-order valence-electron chi connectivity index (χ1n) is 13.1. The van der Waals surface area contributed by atoms with Gasteiger partial charge in [-0.15, -0.1) is 0 Å². The molecule has 0 N–H and O–H groups in total. The number of thiazole rings is 1. The lowest BCUT2D eigenvalue weighted by Crippen LogP contribution is -2.41. The zero-order valence-electron chi connectivity index (χ0n) is 22.7. The smallest absolute Gasteiger partial charge is 0.338 e. The number of unbranched alkanes of at least 4 members (excludes halogenated alkanes) is 1. The van der Waals surface area contributed by atoms with Crippen LogP contribution in [0.3, 0.4) is 0 Å². The zero-order valence-corrected chi connectivity index (χ0v) is 23.5. The molecule has 0 radical (unpaired) electrons. The van der Waals surface area contributed by atoms with Crippen molar-refractivity contribution in [2.75, 3.05) is 18.6 Å². The number of esters is 1. The Morgan fingerprint density at radius 2 is 1.90 bits per heavy atom. The van der Waals surface area contributed by atoms with E-state index in [-0.39, 0.29) is 23.1 Å². The van der Waals surface area contributed by atoms with Gasteiger partial charge in [0, 0.05) is 12.1 Å². The Labute approximate surface area is 230 Å². The molecule has 0 spiro atoms. The van der Waals surface area contributed by atoms with Crippen LogP contribution in [0.25, 0.3) is 5.57 Å². The minimum Gasteiger partial charge on any atom is -0.497 e. The quantitative estimate of drug-likeness (QED) is 0.422. The molecule has 1 atom stereocenters. The van der Waals surface area contributed by atoms with Gasteiger partial charge in [-0.1, -0.05) is 55.0 Å². The maximum Gasteiger partial charge on any atom is 0.338 e. The number of aromatic nitrogens is 1. The summed E-state index contributed by atoms with van der Waals surface area (Å²) in [5.74, 6) is -0.136. The summed E-state index contributed by atoms with van der Waals surface area (Å²) in [5, 5.41) is 0. The van der Waals surface area contributed by atoms with Crippen LogP contribution in [0.5, 0.6) is 5.75 Å². The number of amides is 1. The molecule has 2 aliphatic rings. The summed E-state index contributed by atoms with van der Waals surface area (Å²) in [6, 6.07) is 14.0. The fourth-order valence-corrected chi connectivity index (χ4v) is 6.21. The van der Waals surface area contributed by atoms with Crippen molar-refractivity contribution in [1.82, 2.24) is 4.57 Å². The van der Waals surface area contributed by atoms with Gasteiger partial charge in [-0.25, -0.2) is 9.79 Å². The highest BCUT2D eigenvalue weighted by molar-refractivity contribution is 7.07. The van der Waals surface area contributed by atoms with Gasteiger partial charge in [-0.3, -0.25) is 14.2 Å². The number of allylic oxidation sites excluding steroid dienone is 1. The summed E-state index contributed by atoms with van der Waals surface area (Å²) in [7, 11) is 1.56. The van der Waals surface area contributed by atoms with Crippen molar-refractivity contribution < 1.29 is 19.1 Å². The van der Waals surface area contributed by atoms with Crippen molar-refractivity contribution in [1.29, 1.82) is 0 Å². The number of hydrogen-bond acceptors (Lipinski definition) is 7. The van der Waals surface area contributed by atoms with Crippen LogP contribution >= 0.6 is 11.3 Å². The minimum absolute atomic E-state index is 0.192. The molecule has 0 aliphatic carbocycles. The van der Waals surface area contributed by atoms with Crippen molar-refractivity contribution in [2.45, 2.75) is 52.7 Å². The molecule has 0 fully saturated rings. The van der Waals surface area contributed by atoms with E-state index in [4.69, 9.17) is 9.47 Å². The summed E-state index contributed by atoms with van der Waals surface area (Å²) in [5.41, 5.74) is 2.97. The van der Waals surface area contributed by atoms with Crippen LogP contribution in [0.2, 0.25) is 0 Å². The largest absolute Gasteiger partial charge is 0.497 e. The standard InChI is InChI=1S/C30H31N3O5S/c1-6-7-15-32-22-14-9-8-13-21(22)24(27(32)34)26-28(35)33-25(19-11-10-12-20(16-19)37-5)23(29(36)38-17(2)3)18(4)31-30(33)39-26/h8-14,16-17,25H,6-7,15H2,1-5H3/b26-24-/t25-/m0/s1. The number of hydrogen-bond donors (Lipinski definition) is 0. The summed E-state index contributed by atoms with van der Waals surface area (Å²) in [6.45, 7) is 7.95. The SMILES string of the molecule is CCCCN1C(=O)/C(=c2\sc3n(c2=O)[C@@H](c2cccc(OC)c2)C(C(=O)OC(C)C)=C(C)N=3)c2ccccc21. The first-order chi connectivity index (χ1) is 18.8. The van der Waals surface area contributed by atoms with Gasteiger partial charge in [-0.05, 0) is 51.0 Å². The monoisotopic (exact) mass is 545 g/mol. The van der Waals surface area contributed by atoms with Crippen LogP contribution in [0.15, 0.2) is 69.6 Å². The third-order valence-corrected chi connectivity index (χ3v) is 7.91. The second-order valence-electron chi connectivity index (χ2n) is 9.84. The van der Waals surface area contributed by atoms with Gasteiger partial charge >= 0.3 is 5.97 Å². The normalized spacial score (nSPS) is 17.7. The average molecular weight is 546 g/mol. The molecule has 5 rings (SSSR count). The minimum atomic E-state index is -0.792. The van der Waals surface area contributed by atoms with E-state index in [0.717, 1.165) is 24.1 Å². The molecular weight excluding hydrogens is 514 g/mol. The molecule has 3 aromatic rings. The van der Waals surface area contributed by atoms with E-state index >= 15 is 0 Å². The van der Waals surface area contributed by atoms with Gasteiger partial charge in [0.25, 0.3) is 11.5 Å². The van der Waals surface area contributed by atoms with Crippen LogP contribution in [0, 0.1) is 0 Å². The van der Waals surface area contributed by atoms with E-state index in [0.29, 0.717) is 38.5 Å².